The number of H-pyrrole nitrogens is 2. The molecular formula is C22H19FN10. The van der Waals surface area contributed by atoms with Crippen LogP contribution in [-0.4, -0.2) is 48.9 Å². The number of anilines is 2. The molecule has 0 aliphatic carbocycles. The summed E-state index contributed by atoms with van der Waals surface area (Å²) in [5.74, 6) is 0.510. The monoisotopic (exact) mass is 442 g/mol. The van der Waals surface area contributed by atoms with Gasteiger partial charge in [-0.2, -0.15) is 5.10 Å². The van der Waals surface area contributed by atoms with E-state index < -0.39 is 5.82 Å². The van der Waals surface area contributed by atoms with Gasteiger partial charge in [-0.15, -0.1) is 0 Å². The molecule has 0 radical (unpaired) electrons. The quantitative estimate of drug-likeness (QED) is 0.353. The largest absolute Gasteiger partial charge is 0.397 e. The predicted octanol–water partition coefficient (Wildman–Crippen LogP) is 3.68. The number of aliphatic imine (C=N–C) groups is 1. The van der Waals surface area contributed by atoms with E-state index in [1.165, 1.54) is 18.6 Å². The van der Waals surface area contributed by atoms with Crippen molar-refractivity contribution in [1.29, 1.82) is 0 Å². The van der Waals surface area contributed by atoms with Crippen molar-refractivity contribution in [2.75, 3.05) is 17.7 Å². The first kappa shape index (κ1) is 20.2. The average molecular weight is 442 g/mol. The Morgan fingerprint density at radius 1 is 1.27 bits per heavy atom. The number of fused-ring (bicyclic) bond motifs is 2. The summed E-state index contributed by atoms with van der Waals surface area (Å²) in [6, 6.07) is 3.43. The molecule has 5 aromatic rings. The van der Waals surface area contributed by atoms with Crippen LogP contribution in [0.4, 0.5) is 15.9 Å². The number of nitrogens with two attached hydrogens (primary N) is 1. The maximum absolute atomic E-state index is 15.7. The number of imidazole rings is 1. The van der Waals surface area contributed by atoms with Gasteiger partial charge in [0, 0.05) is 49.2 Å². The van der Waals surface area contributed by atoms with Crippen molar-refractivity contribution in [3.8, 4) is 22.6 Å². The molecule has 5 aromatic heterocycles. The van der Waals surface area contributed by atoms with E-state index in [1.807, 2.05) is 14.0 Å². The molecule has 0 aliphatic rings. The van der Waals surface area contributed by atoms with Crippen molar-refractivity contribution in [1.82, 2.24) is 35.1 Å². The fourth-order valence-corrected chi connectivity index (χ4v) is 3.61. The van der Waals surface area contributed by atoms with Gasteiger partial charge in [-0.1, -0.05) is 0 Å². The molecule has 10 nitrogen and oxygen atoms in total. The molecule has 33 heavy (non-hydrogen) atoms. The first-order valence-corrected chi connectivity index (χ1v) is 9.93. The van der Waals surface area contributed by atoms with Gasteiger partial charge in [0.1, 0.15) is 17.0 Å². The maximum Gasteiger partial charge on any atom is 0.184 e. The van der Waals surface area contributed by atoms with E-state index in [4.69, 9.17) is 5.73 Å². The Morgan fingerprint density at radius 2 is 2.12 bits per heavy atom. The van der Waals surface area contributed by atoms with Gasteiger partial charge in [-0.25, -0.2) is 19.3 Å². The van der Waals surface area contributed by atoms with Crippen molar-refractivity contribution < 1.29 is 4.39 Å². The highest BCUT2D eigenvalue weighted by Crippen LogP contribution is 2.33. The van der Waals surface area contributed by atoms with Crippen molar-refractivity contribution in [3.05, 3.63) is 54.6 Å². The number of nitrogens with one attached hydrogen (secondary N) is 2. The highest BCUT2D eigenvalue weighted by molar-refractivity contribution is 5.96. The third-order valence-corrected chi connectivity index (χ3v) is 5.17. The number of nitrogen functional groups attached to an aromatic ring is 1. The van der Waals surface area contributed by atoms with Crippen LogP contribution in [0, 0.1) is 5.82 Å². The van der Waals surface area contributed by atoms with E-state index >= 15 is 4.39 Å². The van der Waals surface area contributed by atoms with Gasteiger partial charge in [-0.3, -0.25) is 15.1 Å². The summed E-state index contributed by atoms with van der Waals surface area (Å²) in [7, 11) is 1.84. The van der Waals surface area contributed by atoms with Crippen molar-refractivity contribution in [3.63, 3.8) is 0 Å². The molecule has 0 spiro atoms. The lowest BCUT2D eigenvalue weighted by Gasteiger charge is -2.13. The van der Waals surface area contributed by atoms with E-state index in [1.54, 1.807) is 29.4 Å². The van der Waals surface area contributed by atoms with Gasteiger partial charge in [0.2, 0.25) is 0 Å². The highest BCUT2D eigenvalue weighted by Gasteiger charge is 2.21. The number of rotatable bonds is 5. The molecule has 0 aliphatic heterocycles. The third-order valence-electron chi connectivity index (χ3n) is 5.17. The van der Waals surface area contributed by atoms with Crippen molar-refractivity contribution in [2.24, 2.45) is 4.99 Å². The highest BCUT2D eigenvalue weighted by atomic mass is 19.1. The predicted molar refractivity (Wildman–Crippen MR) is 126 cm³/mol. The van der Waals surface area contributed by atoms with Crippen LogP contribution in [0.2, 0.25) is 0 Å². The number of aromatic amines is 2. The zero-order valence-corrected chi connectivity index (χ0v) is 17.8. The third kappa shape index (κ3) is 3.45. The Bertz CT molecular complexity index is 1550. The summed E-state index contributed by atoms with van der Waals surface area (Å²) in [5.41, 5.74) is 9.69. The van der Waals surface area contributed by atoms with Gasteiger partial charge in [0.15, 0.2) is 17.3 Å². The standard InChI is InChI=1S/C22H19FN10/c1-11(25-2)10-33(3)22-18-15(4-5-27-22)29-21(30-18)19-16-17(23)14(9-28-20(16)32-31-19)12-6-13(24)8-26-7-12/h4-10H,2,24H2,1,3H3,(H,29,30)(H,28,31,32)/b11-10-. The molecule has 5 rings (SSSR count). The number of nitrogens with zero attached hydrogens (tertiary/aromatic N) is 7. The zero-order chi connectivity index (χ0) is 23.1. The van der Waals surface area contributed by atoms with Gasteiger partial charge in [0.05, 0.1) is 22.3 Å². The van der Waals surface area contributed by atoms with Crippen LogP contribution in [0.25, 0.3) is 44.7 Å². The molecule has 0 atom stereocenters. The zero-order valence-electron chi connectivity index (χ0n) is 17.8. The number of hydrogen-bond donors (Lipinski definition) is 3. The molecule has 0 saturated carbocycles. The normalized spacial score (nSPS) is 11.9. The molecule has 5 heterocycles. The summed E-state index contributed by atoms with van der Waals surface area (Å²) in [6.07, 6.45) is 7.90. The smallest absolute Gasteiger partial charge is 0.184 e. The molecule has 0 unspecified atom stereocenters. The second-order valence-electron chi connectivity index (χ2n) is 7.45. The second kappa shape index (κ2) is 7.79. The minimum Gasteiger partial charge on any atom is -0.397 e. The van der Waals surface area contributed by atoms with Crippen LogP contribution < -0.4 is 10.6 Å². The lowest BCUT2D eigenvalue weighted by atomic mass is 10.1. The number of aromatic nitrogens is 7. The molecular weight excluding hydrogens is 423 g/mol. The van der Waals surface area contributed by atoms with Gasteiger partial charge < -0.3 is 15.6 Å². The lowest BCUT2D eigenvalue weighted by molar-refractivity contribution is 0.642. The molecule has 0 aromatic carbocycles. The number of allylic oxidation sites excluding steroid dienone is 1. The Kier molecular flexibility index (Phi) is 4.78. The summed E-state index contributed by atoms with van der Waals surface area (Å²) in [5, 5.41) is 7.22. The first-order chi connectivity index (χ1) is 16.0. The second-order valence-corrected chi connectivity index (χ2v) is 7.45. The molecule has 0 fully saturated rings. The van der Waals surface area contributed by atoms with Crippen LogP contribution in [-0.2, 0) is 0 Å². The van der Waals surface area contributed by atoms with Crippen LogP contribution in [0.15, 0.2) is 53.8 Å². The SMILES string of the molecule is C=N/C(C)=C\N(C)c1nccc2[nH]c(-c3[nH]nc4ncc(-c5cncc(N)c5)c(F)c34)nc12. The van der Waals surface area contributed by atoms with Gasteiger partial charge in [0.25, 0.3) is 0 Å². The summed E-state index contributed by atoms with van der Waals surface area (Å²) in [4.78, 5) is 26.4. The maximum atomic E-state index is 15.7. The van der Waals surface area contributed by atoms with Crippen molar-refractivity contribution >= 4 is 40.3 Å². The van der Waals surface area contributed by atoms with E-state index in [0.29, 0.717) is 34.1 Å². The van der Waals surface area contributed by atoms with E-state index in [9.17, 15) is 0 Å². The van der Waals surface area contributed by atoms with Crippen LogP contribution in [0.1, 0.15) is 6.92 Å². The summed E-state index contributed by atoms with van der Waals surface area (Å²) >= 11 is 0. The summed E-state index contributed by atoms with van der Waals surface area (Å²) in [6.45, 7) is 5.36. The lowest BCUT2D eigenvalue weighted by Crippen LogP contribution is -2.11. The van der Waals surface area contributed by atoms with Crippen LogP contribution in [0.3, 0.4) is 0 Å². The Labute approximate surface area is 187 Å². The molecule has 0 bridgehead atoms. The number of pyridine rings is 3. The number of hydrogen-bond acceptors (Lipinski definition) is 8. The molecule has 164 valence electrons. The minimum absolute atomic E-state index is 0.212. The van der Waals surface area contributed by atoms with Gasteiger partial charge >= 0.3 is 0 Å². The molecule has 4 N–H and O–H groups in total. The fraction of sp³-hybridized carbons (Fsp3) is 0.0909. The Morgan fingerprint density at radius 3 is 2.91 bits per heavy atom. The Hall–Kier alpha value is -4.67. The fourth-order valence-electron chi connectivity index (χ4n) is 3.61. The summed E-state index contributed by atoms with van der Waals surface area (Å²) < 4.78 is 15.7. The van der Waals surface area contributed by atoms with Gasteiger partial charge in [-0.05, 0) is 25.8 Å². The van der Waals surface area contributed by atoms with Crippen LogP contribution in [0.5, 0.6) is 0 Å². The van der Waals surface area contributed by atoms with E-state index in [0.717, 1.165) is 11.2 Å². The molecule has 0 saturated heterocycles. The van der Waals surface area contributed by atoms with Crippen molar-refractivity contribution in [2.45, 2.75) is 6.92 Å². The average Bonchev–Trinajstić information content (AvgIpc) is 3.43. The topological polar surface area (TPSA) is 138 Å². The molecule has 0 amide bonds. The molecule has 11 heteroatoms. The van der Waals surface area contributed by atoms with E-state index in [2.05, 4.69) is 46.8 Å². The van der Waals surface area contributed by atoms with E-state index in [-0.39, 0.29) is 16.6 Å². The van der Waals surface area contributed by atoms with Crippen LogP contribution >= 0.6 is 0 Å². The minimum atomic E-state index is -0.498. The number of halogens is 1. The Balaban J connectivity index is 1.67. The first-order valence-electron chi connectivity index (χ1n) is 9.93.